The Hall–Kier alpha value is -2.14. The van der Waals surface area contributed by atoms with Crippen molar-refractivity contribution in [2.75, 3.05) is 32.5 Å². The van der Waals surface area contributed by atoms with Gasteiger partial charge in [-0.1, -0.05) is 23.8 Å². The highest BCUT2D eigenvalue weighted by Gasteiger charge is 2.06. The molecule has 5 heteroatoms. The summed E-state index contributed by atoms with van der Waals surface area (Å²) in [6.45, 7) is 1.17. The summed E-state index contributed by atoms with van der Waals surface area (Å²) in [7, 11) is 3.53. The Labute approximate surface area is 156 Å². The quantitative estimate of drug-likeness (QED) is 0.527. The van der Waals surface area contributed by atoms with Gasteiger partial charge in [-0.2, -0.15) is 0 Å². The van der Waals surface area contributed by atoms with Gasteiger partial charge in [0.05, 0.1) is 6.54 Å². The summed E-state index contributed by atoms with van der Waals surface area (Å²) in [6, 6.07) is 7.70. The van der Waals surface area contributed by atoms with E-state index < -0.39 is 0 Å². The highest BCUT2D eigenvalue weighted by molar-refractivity contribution is 5.92. The second-order valence-electron chi connectivity index (χ2n) is 7.07. The van der Waals surface area contributed by atoms with Gasteiger partial charge < -0.3 is 15.5 Å². The maximum Gasteiger partial charge on any atom is 0.238 e. The smallest absolute Gasteiger partial charge is 0.238 e. The van der Waals surface area contributed by atoms with Crippen molar-refractivity contribution in [2.45, 2.75) is 44.9 Å². The van der Waals surface area contributed by atoms with Crippen LogP contribution in [-0.4, -0.2) is 43.9 Å². The molecule has 1 aromatic rings. The number of carbonyl (C=O) groups is 2. The first-order chi connectivity index (χ1) is 12.5. The number of benzene rings is 1. The largest absolute Gasteiger partial charge is 0.349 e. The van der Waals surface area contributed by atoms with Crippen LogP contribution in [0.2, 0.25) is 0 Å². The molecule has 0 bridgehead atoms. The second-order valence-corrected chi connectivity index (χ2v) is 7.07. The number of nitrogens with one attached hydrogen (secondary N) is 2. The van der Waals surface area contributed by atoms with Crippen LogP contribution < -0.4 is 10.6 Å². The molecule has 2 amide bonds. The summed E-state index contributed by atoms with van der Waals surface area (Å²) in [5.74, 6) is 0.0932. The van der Waals surface area contributed by atoms with E-state index in [4.69, 9.17) is 0 Å². The predicted octanol–water partition coefficient (Wildman–Crippen LogP) is 3.13. The molecule has 0 radical (unpaired) electrons. The number of allylic oxidation sites excluding steroid dienone is 1. The summed E-state index contributed by atoms with van der Waals surface area (Å²) in [4.78, 5) is 25.2. The van der Waals surface area contributed by atoms with Crippen molar-refractivity contribution in [1.29, 1.82) is 0 Å². The van der Waals surface area contributed by atoms with Crippen molar-refractivity contribution in [3.05, 3.63) is 41.5 Å². The zero-order chi connectivity index (χ0) is 18.8. The third-order valence-corrected chi connectivity index (χ3v) is 4.66. The molecule has 1 aromatic carbocycles. The normalized spacial score (nSPS) is 13.8. The lowest BCUT2D eigenvalue weighted by Crippen LogP contribution is -2.29. The van der Waals surface area contributed by atoms with Crippen LogP contribution in [0.1, 0.15) is 44.1 Å². The van der Waals surface area contributed by atoms with Gasteiger partial charge >= 0.3 is 0 Å². The lowest BCUT2D eigenvalue weighted by molar-refractivity contribution is -0.128. The van der Waals surface area contributed by atoms with Crippen molar-refractivity contribution in [1.82, 2.24) is 10.2 Å². The third kappa shape index (κ3) is 7.40. The number of amides is 2. The molecule has 0 saturated heterocycles. The highest BCUT2D eigenvalue weighted by Crippen LogP contribution is 2.19. The van der Waals surface area contributed by atoms with Gasteiger partial charge in [0, 0.05) is 26.2 Å². The van der Waals surface area contributed by atoms with E-state index in [9.17, 15) is 9.59 Å². The van der Waals surface area contributed by atoms with Gasteiger partial charge in [0.1, 0.15) is 0 Å². The lowest BCUT2D eigenvalue weighted by atomic mass is 9.97. The molecule has 0 unspecified atom stereocenters. The number of aryl methyl sites for hydroxylation is 1. The van der Waals surface area contributed by atoms with Gasteiger partial charge in [-0.15, -0.1) is 0 Å². The molecule has 5 nitrogen and oxygen atoms in total. The van der Waals surface area contributed by atoms with Gasteiger partial charge in [0.2, 0.25) is 11.8 Å². The Bertz CT molecular complexity index is 621. The van der Waals surface area contributed by atoms with Crippen molar-refractivity contribution in [3.63, 3.8) is 0 Å². The molecule has 0 spiro atoms. The summed E-state index contributed by atoms with van der Waals surface area (Å²) >= 11 is 0. The van der Waals surface area contributed by atoms with Crippen LogP contribution in [-0.2, 0) is 16.0 Å². The monoisotopic (exact) mass is 357 g/mol. The van der Waals surface area contributed by atoms with Crippen molar-refractivity contribution < 1.29 is 9.59 Å². The molecule has 142 valence electrons. The maximum absolute atomic E-state index is 12.0. The first-order valence-electron chi connectivity index (χ1n) is 9.52. The van der Waals surface area contributed by atoms with E-state index in [1.807, 2.05) is 24.3 Å². The van der Waals surface area contributed by atoms with Crippen LogP contribution in [0, 0.1) is 0 Å². The van der Waals surface area contributed by atoms with Crippen LogP contribution >= 0.6 is 0 Å². The van der Waals surface area contributed by atoms with Crippen LogP contribution in [0.25, 0.3) is 0 Å². The van der Waals surface area contributed by atoms with E-state index in [2.05, 4.69) is 16.7 Å². The van der Waals surface area contributed by atoms with E-state index in [0.29, 0.717) is 19.4 Å². The summed E-state index contributed by atoms with van der Waals surface area (Å²) in [6.07, 6.45) is 9.61. The molecule has 0 heterocycles. The highest BCUT2D eigenvalue weighted by atomic mass is 16.2. The average molecular weight is 357 g/mol. The Balaban J connectivity index is 1.65. The fraction of sp³-hybridized carbons (Fsp3) is 0.524. The standard InChI is InChI=1S/C21H31N3O2/c1-24(2)21(26)13-10-18-8-11-19(12-9-18)23-20(25)16-22-15-14-17-6-4-3-5-7-17/h6,8-9,11-12,22H,3-5,7,10,13-16H2,1-2H3,(H,23,25). The topological polar surface area (TPSA) is 61.4 Å². The SMILES string of the molecule is CN(C)C(=O)CCc1ccc(NC(=O)CNCCC2=CCCCC2)cc1. The Morgan fingerprint density at radius 2 is 1.85 bits per heavy atom. The van der Waals surface area contributed by atoms with Crippen molar-refractivity contribution in [3.8, 4) is 0 Å². The molecule has 0 aliphatic heterocycles. The molecule has 0 atom stereocenters. The van der Waals surface area contributed by atoms with Crippen LogP contribution in [0.5, 0.6) is 0 Å². The molecular formula is C21H31N3O2. The van der Waals surface area contributed by atoms with Crippen LogP contribution in [0.3, 0.4) is 0 Å². The van der Waals surface area contributed by atoms with Crippen molar-refractivity contribution in [2.24, 2.45) is 0 Å². The Morgan fingerprint density at radius 1 is 1.08 bits per heavy atom. The molecule has 1 aliphatic carbocycles. The molecular weight excluding hydrogens is 326 g/mol. The number of carbonyl (C=O) groups excluding carboxylic acids is 2. The molecule has 0 aromatic heterocycles. The van der Waals surface area contributed by atoms with E-state index in [1.165, 1.54) is 31.3 Å². The summed E-state index contributed by atoms with van der Waals surface area (Å²) in [5, 5.41) is 6.11. The van der Waals surface area contributed by atoms with Crippen LogP contribution in [0.15, 0.2) is 35.9 Å². The van der Waals surface area contributed by atoms with E-state index in [-0.39, 0.29) is 11.8 Å². The number of hydrogen-bond acceptors (Lipinski definition) is 3. The fourth-order valence-electron chi connectivity index (χ4n) is 3.02. The number of nitrogens with zero attached hydrogens (tertiary/aromatic N) is 1. The minimum absolute atomic E-state index is 0.0295. The molecule has 0 saturated carbocycles. The summed E-state index contributed by atoms with van der Waals surface area (Å²) in [5.41, 5.74) is 3.40. The number of hydrogen-bond donors (Lipinski definition) is 2. The molecule has 26 heavy (non-hydrogen) atoms. The first kappa shape index (κ1) is 20.2. The van der Waals surface area contributed by atoms with Gasteiger partial charge in [-0.25, -0.2) is 0 Å². The minimum atomic E-state index is -0.0295. The predicted molar refractivity (Wildman–Crippen MR) is 106 cm³/mol. The first-order valence-corrected chi connectivity index (χ1v) is 9.52. The van der Waals surface area contributed by atoms with Crippen molar-refractivity contribution >= 4 is 17.5 Å². The Morgan fingerprint density at radius 3 is 2.50 bits per heavy atom. The van der Waals surface area contributed by atoms with Gasteiger partial charge in [0.25, 0.3) is 0 Å². The average Bonchev–Trinajstić information content (AvgIpc) is 2.65. The molecule has 0 fully saturated rings. The Kier molecular flexibility index (Phi) is 8.35. The van der Waals surface area contributed by atoms with E-state index in [1.54, 1.807) is 19.0 Å². The second kappa shape index (κ2) is 10.8. The van der Waals surface area contributed by atoms with E-state index >= 15 is 0 Å². The summed E-state index contributed by atoms with van der Waals surface area (Å²) < 4.78 is 0. The van der Waals surface area contributed by atoms with Gasteiger partial charge in [0.15, 0.2) is 0 Å². The zero-order valence-electron chi connectivity index (χ0n) is 16.0. The molecule has 2 rings (SSSR count). The minimum Gasteiger partial charge on any atom is -0.349 e. The van der Waals surface area contributed by atoms with Gasteiger partial charge in [-0.3, -0.25) is 9.59 Å². The lowest BCUT2D eigenvalue weighted by Gasteiger charge is -2.13. The van der Waals surface area contributed by atoms with Crippen LogP contribution in [0.4, 0.5) is 5.69 Å². The number of anilines is 1. The molecule has 1 aliphatic rings. The van der Waals surface area contributed by atoms with E-state index in [0.717, 1.165) is 24.2 Å². The van der Waals surface area contributed by atoms with Gasteiger partial charge in [-0.05, 0) is 62.8 Å². The maximum atomic E-state index is 12.0. The zero-order valence-corrected chi connectivity index (χ0v) is 16.0. The fourth-order valence-corrected chi connectivity index (χ4v) is 3.02. The molecule has 2 N–H and O–H groups in total. The third-order valence-electron chi connectivity index (χ3n) is 4.66. The number of rotatable bonds is 9.